The van der Waals surface area contributed by atoms with Gasteiger partial charge in [-0.15, -0.1) is 0 Å². The van der Waals surface area contributed by atoms with Crippen molar-refractivity contribution in [3.8, 4) is 0 Å². The lowest BCUT2D eigenvalue weighted by Gasteiger charge is -2.33. The summed E-state index contributed by atoms with van der Waals surface area (Å²) in [6.45, 7) is 19.4. The lowest BCUT2D eigenvalue weighted by molar-refractivity contribution is -0.124. The molecule has 0 aliphatic carbocycles. The van der Waals surface area contributed by atoms with E-state index in [2.05, 4.69) is 25.5 Å². The molecule has 2 N–H and O–H groups in total. The van der Waals surface area contributed by atoms with Crippen molar-refractivity contribution < 1.29 is 23.6 Å². The summed E-state index contributed by atoms with van der Waals surface area (Å²) >= 11 is 0. The van der Waals surface area contributed by atoms with Gasteiger partial charge < -0.3 is 29.6 Å². The molecule has 2 fully saturated rings. The quantitative estimate of drug-likeness (QED) is 0.531. The fraction of sp³-hybridized carbons (Fsp3) is 0.769. The number of alkyl carbamates (subject to hydrolysis) is 1. The summed E-state index contributed by atoms with van der Waals surface area (Å²) in [5.74, 6) is 0.619. The Morgan fingerprint density at radius 3 is 2.30 bits per heavy atom. The molecule has 3 heterocycles. The van der Waals surface area contributed by atoms with Crippen molar-refractivity contribution in [1.29, 1.82) is 0 Å². The zero-order valence-electron chi connectivity index (χ0n) is 23.9. The summed E-state index contributed by atoms with van der Waals surface area (Å²) in [7, 11) is -0.494. The van der Waals surface area contributed by atoms with Gasteiger partial charge in [-0.25, -0.2) is 14.8 Å². The lowest BCUT2D eigenvalue weighted by Crippen LogP contribution is -2.52. The van der Waals surface area contributed by atoms with Gasteiger partial charge in [0.15, 0.2) is 0 Å². The number of nitrogens with zero attached hydrogens (tertiary/aromatic N) is 3. The van der Waals surface area contributed by atoms with Crippen LogP contribution in [0.4, 0.5) is 10.7 Å². The van der Waals surface area contributed by atoms with E-state index < -0.39 is 36.1 Å². The first-order chi connectivity index (χ1) is 17.1. The average Bonchev–Trinajstić information content (AvgIpc) is 3.01. The molecule has 0 spiro atoms. The highest BCUT2D eigenvalue weighted by molar-refractivity contribution is 6.61. The number of rotatable bonds is 7. The van der Waals surface area contributed by atoms with E-state index in [-0.39, 0.29) is 17.7 Å². The van der Waals surface area contributed by atoms with Crippen LogP contribution in [0.1, 0.15) is 75.2 Å². The summed E-state index contributed by atoms with van der Waals surface area (Å²) < 4.78 is 17.5. The molecule has 10 nitrogen and oxygen atoms in total. The van der Waals surface area contributed by atoms with Crippen molar-refractivity contribution in [2.75, 3.05) is 24.5 Å². The Bertz CT molecular complexity index is 932. The Balaban J connectivity index is 1.54. The molecule has 206 valence electrons. The molecule has 0 saturated carbocycles. The van der Waals surface area contributed by atoms with E-state index in [9.17, 15) is 9.59 Å². The first-order valence-corrected chi connectivity index (χ1v) is 13.3. The molecule has 2 amide bonds. The van der Waals surface area contributed by atoms with E-state index in [1.807, 2.05) is 41.5 Å². The van der Waals surface area contributed by atoms with Crippen molar-refractivity contribution >= 4 is 30.5 Å². The van der Waals surface area contributed by atoms with Crippen LogP contribution >= 0.6 is 0 Å². The van der Waals surface area contributed by atoms with Crippen molar-refractivity contribution in [2.45, 2.75) is 98.0 Å². The molecule has 3 rings (SSSR count). The van der Waals surface area contributed by atoms with Gasteiger partial charge in [0.1, 0.15) is 11.6 Å². The third-order valence-corrected chi connectivity index (χ3v) is 7.17. The SMILES string of the molecule is CC(C)C(NC(=O)OC(C)(C)C)C(=O)NCC1CCCN(c2ncc(B3OC(C)(C)C(C)(C)O3)cn2)C1. The molecule has 11 heteroatoms. The molecule has 2 atom stereocenters. The number of piperidine rings is 1. The molecule has 0 aromatic carbocycles. The van der Waals surface area contributed by atoms with E-state index in [1.54, 1.807) is 33.2 Å². The molecular weight excluding hydrogens is 473 g/mol. The number of aromatic nitrogens is 2. The Kier molecular flexibility index (Phi) is 8.79. The predicted molar refractivity (Wildman–Crippen MR) is 144 cm³/mol. The van der Waals surface area contributed by atoms with Crippen molar-refractivity contribution in [1.82, 2.24) is 20.6 Å². The van der Waals surface area contributed by atoms with Gasteiger partial charge in [0, 0.05) is 37.5 Å². The molecule has 2 aliphatic rings. The Morgan fingerprint density at radius 1 is 1.16 bits per heavy atom. The highest BCUT2D eigenvalue weighted by Gasteiger charge is 2.52. The van der Waals surface area contributed by atoms with Gasteiger partial charge in [0.2, 0.25) is 11.9 Å². The standard InChI is InChI=1S/C26H44BN5O5/c1-17(2)20(31-23(34)35-24(3,4)5)21(33)28-13-18-11-10-12-32(16-18)22-29-14-19(15-30-22)27-36-25(6,7)26(8,9)37-27/h14-15,17-18,20H,10-13,16H2,1-9H3,(H,28,33)(H,31,34). The number of amides is 2. The third-order valence-electron chi connectivity index (χ3n) is 7.17. The zero-order chi connectivity index (χ0) is 27.6. The topological polar surface area (TPSA) is 115 Å². The van der Waals surface area contributed by atoms with Gasteiger partial charge in [-0.3, -0.25) is 4.79 Å². The molecular formula is C26H44BN5O5. The van der Waals surface area contributed by atoms with Crippen LogP contribution < -0.4 is 21.0 Å². The maximum absolute atomic E-state index is 12.9. The Labute approximate surface area is 221 Å². The van der Waals surface area contributed by atoms with Gasteiger partial charge in [0.25, 0.3) is 0 Å². The summed E-state index contributed by atoms with van der Waals surface area (Å²) in [5.41, 5.74) is -0.672. The average molecular weight is 517 g/mol. The zero-order valence-corrected chi connectivity index (χ0v) is 23.9. The summed E-state index contributed by atoms with van der Waals surface area (Å²) in [5, 5.41) is 5.74. The van der Waals surface area contributed by atoms with Crippen molar-refractivity contribution in [2.24, 2.45) is 11.8 Å². The van der Waals surface area contributed by atoms with Crippen LogP contribution in [0.5, 0.6) is 0 Å². The number of carbonyl (C=O) groups is 2. The largest absolute Gasteiger partial charge is 0.498 e. The third kappa shape index (κ3) is 7.57. The van der Waals surface area contributed by atoms with Crippen LogP contribution in [0.25, 0.3) is 0 Å². The van der Waals surface area contributed by atoms with E-state index in [0.29, 0.717) is 12.5 Å². The van der Waals surface area contributed by atoms with Gasteiger partial charge in [-0.2, -0.15) is 0 Å². The summed E-state index contributed by atoms with van der Waals surface area (Å²) in [6.07, 6.45) is 4.92. The molecule has 2 saturated heterocycles. The van der Waals surface area contributed by atoms with Gasteiger partial charge in [-0.05, 0) is 73.1 Å². The van der Waals surface area contributed by atoms with Gasteiger partial charge in [0.05, 0.1) is 11.2 Å². The molecule has 2 aliphatic heterocycles. The minimum absolute atomic E-state index is 0.0775. The molecule has 37 heavy (non-hydrogen) atoms. The highest BCUT2D eigenvalue weighted by Crippen LogP contribution is 2.36. The van der Waals surface area contributed by atoms with E-state index in [1.165, 1.54) is 0 Å². The highest BCUT2D eigenvalue weighted by atomic mass is 16.7. The molecule has 0 radical (unpaired) electrons. The maximum atomic E-state index is 12.9. The van der Waals surface area contributed by atoms with Crippen LogP contribution in [0.2, 0.25) is 0 Å². The van der Waals surface area contributed by atoms with E-state index in [0.717, 1.165) is 31.4 Å². The van der Waals surface area contributed by atoms with Crippen LogP contribution in [-0.4, -0.2) is 71.6 Å². The van der Waals surface area contributed by atoms with Crippen molar-refractivity contribution in [3.05, 3.63) is 12.4 Å². The van der Waals surface area contributed by atoms with Crippen LogP contribution in [-0.2, 0) is 18.8 Å². The Hall–Kier alpha value is -2.40. The first kappa shape index (κ1) is 29.2. The number of hydrogen-bond acceptors (Lipinski definition) is 8. The number of hydrogen-bond donors (Lipinski definition) is 2. The number of anilines is 1. The van der Waals surface area contributed by atoms with E-state index in [4.69, 9.17) is 14.0 Å². The second-order valence-corrected chi connectivity index (χ2v) is 12.5. The molecule has 1 aromatic rings. The van der Waals surface area contributed by atoms with Gasteiger partial charge in [-0.1, -0.05) is 13.8 Å². The maximum Gasteiger partial charge on any atom is 0.498 e. The summed E-state index contributed by atoms with van der Waals surface area (Å²) in [6, 6.07) is -0.666. The second kappa shape index (κ2) is 11.1. The minimum Gasteiger partial charge on any atom is -0.444 e. The first-order valence-electron chi connectivity index (χ1n) is 13.3. The van der Waals surface area contributed by atoms with Crippen molar-refractivity contribution in [3.63, 3.8) is 0 Å². The smallest absolute Gasteiger partial charge is 0.444 e. The fourth-order valence-corrected chi connectivity index (χ4v) is 4.33. The minimum atomic E-state index is -0.666. The van der Waals surface area contributed by atoms with Gasteiger partial charge >= 0.3 is 13.2 Å². The Morgan fingerprint density at radius 2 is 1.76 bits per heavy atom. The number of carbonyl (C=O) groups excluding carboxylic acids is 2. The molecule has 0 bridgehead atoms. The van der Waals surface area contributed by atoms with Crippen LogP contribution in [0.3, 0.4) is 0 Å². The predicted octanol–water partition coefficient (Wildman–Crippen LogP) is 2.66. The monoisotopic (exact) mass is 517 g/mol. The van der Waals surface area contributed by atoms with Crippen LogP contribution in [0.15, 0.2) is 12.4 Å². The summed E-state index contributed by atoms with van der Waals surface area (Å²) in [4.78, 5) is 36.4. The second-order valence-electron chi connectivity index (χ2n) is 12.5. The molecule has 2 unspecified atom stereocenters. The number of ether oxygens (including phenoxy) is 1. The number of nitrogens with one attached hydrogen (secondary N) is 2. The van der Waals surface area contributed by atoms with E-state index >= 15 is 0 Å². The molecule has 1 aromatic heterocycles. The lowest BCUT2D eigenvalue weighted by atomic mass is 9.81. The normalized spacial score (nSPS) is 22.1. The fourth-order valence-electron chi connectivity index (χ4n) is 4.33. The van der Waals surface area contributed by atoms with Crippen LogP contribution in [0, 0.1) is 11.8 Å².